The first-order valence-corrected chi connectivity index (χ1v) is 12.1. The van der Waals surface area contributed by atoms with Crippen molar-refractivity contribution in [3.8, 4) is 5.75 Å². The van der Waals surface area contributed by atoms with Crippen LogP contribution in [0.25, 0.3) is 0 Å². The number of amides is 2. The number of ketones is 2. The molecule has 4 rings (SSSR count). The molecule has 0 spiro atoms. The minimum atomic E-state index is -2.71. The molecular formula is C26H30FN3O8. The lowest BCUT2D eigenvalue weighted by atomic mass is 9.60. The van der Waals surface area contributed by atoms with Gasteiger partial charge in [0.25, 0.3) is 5.91 Å². The summed E-state index contributed by atoms with van der Waals surface area (Å²) in [5.74, 6) is -9.54. The fourth-order valence-corrected chi connectivity index (χ4v) is 5.48. The number of halogens is 1. The first kappa shape index (κ1) is 27.3. The van der Waals surface area contributed by atoms with Gasteiger partial charge in [0.05, 0.1) is 17.8 Å². The van der Waals surface area contributed by atoms with E-state index in [1.807, 2.05) is 20.8 Å². The molecule has 0 aromatic heterocycles. The number of hydrogen-bond acceptors (Lipinski definition) is 9. The molecule has 3 atom stereocenters. The average Bonchev–Trinajstić information content (AvgIpc) is 2.78. The van der Waals surface area contributed by atoms with Crippen LogP contribution < -0.4 is 16.4 Å². The lowest BCUT2D eigenvalue weighted by molar-refractivity contribution is -0.144. The fraction of sp³-hybridized carbons (Fsp3) is 0.462. The third kappa shape index (κ3) is 4.33. The molecule has 1 aromatic carbocycles. The fourth-order valence-electron chi connectivity index (χ4n) is 5.48. The number of Topliss-reactive ketones (excluding diaryl/α,β-unsaturated/α-hetero) is 2. The normalized spacial score (nSPS) is 25.1. The molecule has 0 radical (unpaired) electrons. The topological polar surface area (TPSA) is 199 Å². The number of phenolic OH excluding ortho intramolecular Hbond substituents is 1. The number of fused-ring (bicyclic) bond motifs is 3. The summed E-state index contributed by atoms with van der Waals surface area (Å²) in [7, 11) is 0. The molecule has 2 amide bonds. The first-order chi connectivity index (χ1) is 17.6. The second kappa shape index (κ2) is 9.21. The Morgan fingerprint density at radius 1 is 1.18 bits per heavy atom. The standard InChI is InChI=1S/C26H30FN3O8/c1-25(2,3)9-29-8-16(32)30-14-7-13(27)12-5-10-4-11-6-15(31)19(24(28)37)23(36)26(11,38)22(35)17(10)21(34)18(12)20(14)33/h7,10-11,29,31,33,35,38H,4-6,8-9H2,1-3H3,(H2,28,37)(H,30,32)/t10?,11-,26-/m0/s1. The van der Waals surface area contributed by atoms with E-state index in [2.05, 4.69) is 10.6 Å². The largest absolute Gasteiger partial charge is 0.511 e. The predicted molar refractivity (Wildman–Crippen MR) is 132 cm³/mol. The second-order valence-electron chi connectivity index (χ2n) is 11.2. The number of anilines is 1. The molecule has 8 N–H and O–H groups in total. The summed E-state index contributed by atoms with van der Waals surface area (Å²) >= 11 is 0. The summed E-state index contributed by atoms with van der Waals surface area (Å²) in [5, 5.41) is 48.6. The number of aliphatic hydroxyl groups is 3. The Balaban J connectivity index is 1.71. The van der Waals surface area contributed by atoms with Crippen LogP contribution in [0.1, 0.15) is 49.5 Å². The van der Waals surface area contributed by atoms with Crippen LogP contribution in [0.15, 0.2) is 28.7 Å². The van der Waals surface area contributed by atoms with Crippen molar-refractivity contribution in [3.05, 3.63) is 45.7 Å². The highest BCUT2D eigenvalue weighted by Crippen LogP contribution is 2.52. The number of allylic oxidation sites excluding steroid dienone is 2. The summed E-state index contributed by atoms with van der Waals surface area (Å²) < 4.78 is 15.2. The Kier molecular flexibility index (Phi) is 6.61. The Morgan fingerprint density at radius 3 is 2.45 bits per heavy atom. The van der Waals surface area contributed by atoms with E-state index in [0.717, 1.165) is 6.07 Å². The third-order valence-corrected chi connectivity index (χ3v) is 7.22. The smallest absolute Gasteiger partial charge is 0.255 e. The Hall–Kier alpha value is -3.77. The summed E-state index contributed by atoms with van der Waals surface area (Å²) in [6.07, 6.45) is -0.659. The minimum Gasteiger partial charge on any atom is -0.511 e. The van der Waals surface area contributed by atoms with Gasteiger partial charge in [0.15, 0.2) is 17.1 Å². The monoisotopic (exact) mass is 531 g/mol. The highest BCUT2D eigenvalue weighted by molar-refractivity contribution is 6.24. The van der Waals surface area contributed by atoms with Crippen molar-refractivity contribution in [1.82, 2.24) is 5.32 Å². The van der Waals surface area contributed by atoms with E-state index >= 15 is 4.39 Å². The lowest BCUT2D eigenvalue weighted by Gasteiger charge is -2.45. The number of aliphatic hydroxyl groups excluding tert-OH is 2. The molecule has 0 fully saturated rings. The molecule has 0 saturated carbocycles. The van der Waals surface area contributed by atoms with Gasteiger partial charge in [-0.3, -0.25) is 19.2 Å². The van der Waals surface area contributed by atoms with Crippen molar-refractivity contribution in [2.75, 3.05) is 18.4 Å². The molecule has 0 bridgehead atoms. The number of benzene rings is 1. The van der Waals surface area contributed by atoms with Gasteiger partial charge < -0.3 is 36.8 Å². The van der Waals surface area contributed by atoms with Gasteiger partial charge in [0.2, 0.25) is 11.7 Å². The SMILES string of the molecule is CC(C)(C)CNCC(=O)Nc1cc(F)c2c(c1O)C(=O)C1=C(O)[C@]3(O)C(=O)C(C(N)=O)=C(O)C[C@@H]3CC1C2. The van der Waals surface area contributed by atoms with E-state index in [4.69, 9.17) is 5.73 Å². The zero-order valence-corrected chi connectivity index (χ0v) is 21.1. The summed E-state index contributed by atoms with van der Waals surface area (Å²) in [6, 6.07) is 0.897. The molecule has 12 heteroatoms. The van der Waals surface area contributed by atoms with Gasteiger partial charge in [-0.2, -0.15) is 0 Å². The number of phenols is 1. The number of hydrogen-bond donors (Lipinski definition) is 7. The van der Waals surface area contributed by atoms with Crippen molar-refractivity contribution >= 4 is 29.1 Å². The molecule has 0 saturated heterocycles. The molecule has 3 aliphatic rings. The zero-order valence-electron chi connectivity index (χ0n) is 21.1. The van der Waals surface area contributed by atoms with Crippen LogP contribution in [0.5, 0.6) is 5.75 Å². The van der Waals surface area contributed by atoms with Gasteiger partial charge in [-0.25, -0.2) is 4.39 Å². The van der Waals surface area contributed by atoms with Gasteiger partial charge in [-0.1, -0.05) is 20.8 Å². The molecule has 1 unspecified atom stereocenters. The van der Waals surface area contributed by atoms with Crippen molar-refractivity contribution < 1.29 is 44.0 Å². The van der Waals surface area contributed by atoms with Crippen molar-refractivity contribution in [2.45, 2.75) is 45.6 Å². The van der Waals surface area contributed by atoms with E-state index < -0.39 is 80.6 Å². The van der Waals surface area contributed by atoms with Crippen LogP contribution in [0.3, 0.4) is 0 Å². The van der Waals surface area contributed by atoms with E-state index in [0.29, 0.717) is 6.54 Å². The Labute approximate surface area is 217 Å². The minimum absolute atomic E-state index is 0.103. The maximum Gasteiger partial charge on any atom is 0.255 e. The third-order valence-electron chi connectivity index (χ3n) is 7.22. The Morgan fingerprint density at radius 2 is 1.84 bits per heavy atom. The van der Waals surface area contributed by atoms with Gasteiger partial charge in [0, 0.05) is 36.1 Å². The maximum atomic E-state index is 15.2. The molecule has 204 valence electrons. The van der Waals surface area contributed by atoms with Crippen LogP contribution >= 0.6 is 0 Å². The van der Waals surface area contributed by atoms with Crippen LogP contribution in [0.2, 0.25) is 0 Å². The predicted octanol–water partition coefficient (Wildman–Crippen LogP) is 1.29. The van der Waals surface area contributed by atoms with Crippen molar-refractivity contribution in [1.29, 1.82) is 0 Å². The second-order valence-corrected chi connectivity index (χ2v) is 11.2. The summed E-state index contributed by atoms with van der Waals surface area (Å²) in [4.78, 5) is 50.6. The highest BCUT2D eigenvalue weighted by Gasteiger charge is 2.59. The summed E-state index contributed by atoms with van der Waals surface area (Å²) in [6.45, 7) is 6.25. The molecule has 1 aromatic rings. The van der Waals surface area contributed by atoms with Crippen LogP contribution in [-0.2, 0) is 20.8 Å². The Bertz CT molecular complexity index is 1340. The molecule has 0 heterocycles. The number of nitrogens with one attached hydrogen (secondary N) is 2. The van der Waals surface area contributed by atoms with E-state index in [-0.39, 0.29) is 42.5 Å². The van der Waals surface area contributed by atoms with Crippen molar-refractivity contribution in [2.24, 2.45) is 23.0 Å². The van der Waals surface area contributed by atoms with E-state index in [9.17, 15) is 39.6 Å². The van der Waals surface area contributed by atoms with Gasteiger partial charge in [0.1, 0.15) is 22.9 Å². The molecule has 3 aliphatic carbocycles. The lowest BCUT2D eigenvalue weighted by Crippen LogP contribution is -2.57. The van der Waals surface area contributed by atoms with E-state index in [1.54, 1.807) is 0 Å². The maximum absolute atomic E-state index is 15.2. The van der Waals surface area contributed by atoms with Crippen molar-refractivity contribution in [3.63, 3.8) is 0 Å². The quantitative estimate of drug-likeness (QED) is 0.216. The highest BCUT2D eigenvalue weighted by atomic mass is 19.1. The number of primary amides is 1. The van der Waals surface area contributed by atoms with Gasteiger partial charge >= 0.3 is 0 Å². The van der Waals surface area contributed by atoms with Gasteiger partial charge in [-0.05, 0) is 24.2 Å². The van der Waals surface area contributed by atoms with Gasteiger partial charge in [-0.15, -0.1) is 0 Å². The molecule has 0 aliphatic heterocycles. The van der Waals surface area contributed by atoms with E-state index in [1.165, 1.54) is 0 Å². The number of aromatic hydroxyl groups is 1. The molecule has 38 heavy (non-hydrogen) atoms. The number of carbonyl (C=O) groups excluding carboxylic acids is 4. The zero-order chi connectivity index (χ0) is 28.3. The molecular weight excluding hydrogens is 501 g/mol. The number of carbonyl (C=O) groups is 4. The van der Waals surface area contributed by atoms with Crippen LogP contribution in [0, 0.1) is 23.1 Å². The number of rotatable bonds is 5. The molecule has 11 nitrogen and oxygen atoms in total. The number of nitrogens with two attached hydrogens (primary N) is 1. The van der Waals surface area contributed by atoms with Crippen LogP contribution in [-0.4, -0.2) is 62.5 Å². The van der Waals surface area contributed by atoms with Crippen LogP contribution in [0.4, 0.5) is 10.1 Å². The average molecular weight is 532 g/mol. The summed E-state index contributed by atoms with van der Waals surface area (Å²) in [5.41, 5.74) is 0.0379. The first-order valence-electron chi connectivity index (χ1n) is 12.1.